The highest BCUT2D eigenvalue weighted by Gasteiger charge is 2.33. The van der Waals surface area contributed by atoms with Crippen LogP contribution in [0.3, 0.4) is 0 Å². The number of hydrogen-bond acceptors (Lipinski definition) is 6. The lowest BCUT2D eigenvalue weighted by Crippen LogP contribution is -2.39. The molecule has 0 saturated carbocycles. The van der Waals surface area contributed by atoms with Gasteiger partial charge in [-0.3, -0.25) is 9.36 Å². The van der Waals surface area contributed by atoms with Crippen LogP contribution in [-0.2, 0) is 9.53 Å². The number of rotatable bonds is 6. The molecule has 3 heterocycles. The van der Waals surface area contributed by atoms with E-state index >= 15 is 0 Å². The van der Waals surface area contributed by atoms with Gasteiger partial charge in [-0.05, 0) is 87.4 Å². The fraction of sp³-hybridized carbons (Fsp3) is 0.233. The first-order chi connectivity index (χ1) is 18.7. The number of methoxy groups -OCH3 is 1. The molecule has 5 rings (SSSR count). The maximum Gasteiger partial charge on any atom is 0.338 e. The molecule has 0 N–H and O–H groups in total. The summed E-state index contributed by atoms with van der Waals surface area (Å²) in [6.07, 6.45) is 1.85. The van der Waals surface area contributed by atoms with E-state index in [1.807, 2.05) is 42.7 Å². The molecule has 0 saturated heterocycles. The number of fused-ring (bicyclic) bond motifs is 1. The zero-order chi connectivity index (χ0) is 27.8. The molecule has 1 aliphatic rings. The Labute approximate surface area is 228 Å². The van der Waals surface area contributed by atoms with Crippen molar-refractivity contribution in [3.05, 3.63) is 114 Å². The van der Waals surface area contributed by atoms with E-state index in [1.165, 1.54) is 23.5 Å². The van der Waals surface area contributed by atoms with E-state index in [-0.39, 0.29) is 18.0 Å². The van der Waals surface area contributed by atoms with Crippen LogP contribution in [-0.4, -0.2) is 28.8 Å². The number of aryl methyl sites for hydroxylation is 1. The van der Waals surface area contributed by atoms with E-state index in [0.717, 1.165) is 28.2 Å². The second-order valence-corrected chi connectivity index (χ2v) is 10.2. The fourth-order valence-electron chi connectivity index (χ4n) is 4.96. The number of benzene rings is 2. The SMILES string of the molecule is CCOC(=O)C1=C(C)N=c2s/c(=C/c3cc(C)n(-c4ccc(F)cc4)c3C)c(=O)n2C1c1ccc(OC)cc1. The maximum absolute atomic E-state index is 13.9. The molecule has 1 atom stereocenters. The molecule has 1 unspecified atom stereocenters. The number of esters is 1. The molecule has 0 fully saturated rings. The van der Waals surface area contributed by atoms with Gasteiger partial charge in [-0.2, -0.15) is 0 Å². The van der Waals surface area contributed by atoms with Crippen LogP contribution in [0.25, 0.3) is 11.8 Å². The summed E-state index contributed by atoms with van der Waals surface area (Å²) in [6.45, 7) is 7.64. The van der Waals surface area contributed by atoms with Gasteiger partial charge in [0.05, 0.1) is 35.6 Å². The van der Waals surface area contributed by atoms with E-state index in [9.17, 15) is 14.0 Å². The quantitative estimate of drug-likeness (QED) is 0.338. The standard InChI is InChI=1S/C30H28FN3O4S/c1-6-38-29(36)26-18(3)32-30-34(27(26)20-7-13-24(37-5)14-8-20)28(35)25(39-30)16-21-15-17(2)33(19(21)4)23-11-9-22(31)10-12-23/h7-16,27H,6H2,1-5H3/b25-16+. The smallest absolute Gasteiger partial charge is 0.338 e. The number of hydrogen-bond donors (Lipinski definition) is 0. The molecule has 2 aromatic carbocycles. The van der Waals surface area contributed by atoms with Gasteiger partial charge in [-0.1, -0.05) is 23.5 Å². The lowest BCUT2D eigenvalue weighted by molar-refractivity contribution is -0.139. The summed E-state index contributed by atoms with van der Waals surface area (Å²) in [7, 11) is 1.58. The minimum Gasteiger partial charge on any atom is -0.497 e. The third kappa shape index (κ3) is 4.74. The van der Waals surface area contributed by atoms with Crippen LogP contribution in [0, 0.1) is 19.7 Å². The molecule has 1 aliphatic heterocycles. The van der Waals surface area contributed by atoms with Crippen molar-refractivity contribution in [2.45, 2.75) is 33.7 Å². The maximum atomic E-state index is 13.9. The summed E-state index contributed by atoms with van der Waals surface area (Å²) in [5, 5.41) is 0. The number of ether oxygens (including phenoxy) is 2. The van der Waals surface area contributed by atoms with Crippen molar-refractivity contribution in [1.29, 1.82) is 0 Å². The van der Waals surface area contributed by atoms with Gasteiger partial charge < -0.3 is 14.0 Å². The monoisotopic (exact) mass is 545 g/mol. The van der Waals surface area contributed by atoms with Crippen LogP contribution in [0.2, 0.25) is 0 Å². The summed E-state index contributed by atoms with van der Waals surface area (Å²) < 4.78 is 28.2. The molecular weight excluding hydrogens is 517 g/mol. The highest BCUT2D eigenvalue weighted by atomic mass is 32.1. The van der Waals surface area contributed by atoms with Crippen molar-refractivity contribution in [3.63, 3.8) is 0 Å². The van der Waals surface area contributed by atoms with Crippen molar-refractivity contribution in [2.75, 3.05) is 13.7 Å². The number of allylic oxidation sites excluding steroid dienone is 1. The van der Waals surface area contributed by atoms with Gasteiger partial charge in [0.25, 0.3) is 5.56 Å². The average Bonchev–Trinajstić information content (AvgIpc) is 3.38. The van der Waals surface area contributed by atoms with Crippen LogP contribution in [0.5, 0.6) is 5.75 Å². The topological polar surface area (TPSA) is 74.8 Å². The molecule has 4 aromatic rings. The van der Waals surface area contributed by atoms with Crippen LogP contribution in [0.1, 0.15) is 42.4 Å². The number of carbonyl (C=O) groups is 1. The molecule has 0 aliphatic carbocycles. The van der Waals surface area contributed by atoms with Crippen LogP contribution < -0.4 is 19.6 Å². The van der Waals surface area contributed by atoms with E-state index in [0.29, 0.717) is 26.4 Å². The lowest BCUT2D eigenvalue weighted by Gasteiger charge is -2.24. The van der Waals surface area contributed by atoms with E-state index in [4.69, 9.17) is 9.47 Å². The highest BCUT2D eigenvalue weighted by molar-refractivity contribution is 7.07. The first-order valence-electron chi connectivity index (χ1n) is 12.5. The summed E-state index contributed by atoms with van der Waals surface area (Å²) in [4.78, 5) is 32.1. The Hall–Kier alpha value is -4.24. The van der Waals surface area contributed by atoms with Gasteiger partial charge in [0.2, 0.25) is 0 Å². The molecule has 7 nitrogen and oxygen atoms in total. The molecule has 9 heteroatoms. The minimum absolute atomic E-state index is 0.207. The normalized spacial score (nSPS) is 15.2. The number of nitrogens with zero attached hydrogens (tertiary/aromatic N) is 3. The number of carbonyl (C=O) groups excluding carboxylic acids is 1. The molecule has 39 heavy (non-hydrogen) atoms. The lowest BCUT2D eigenvalue weighted by atomic mass is 9.96. The fourth-order valence-corrected chi connectivity index (χ4v) is 5.99. The molecule has 0 spiro atoms. The largest absolute Gasteiger partial charge is 0.497 e. The van der Waals surface area contributed by atoms with Crippen molar-refractivity contribution in [2.24, 2.45) is 4.99 Å². The third-order valence-electron chi connectivity index (χ3n) is 6.79. The van der Waals surface area contributed by atoms with Gasteiger partial charge in [0.1, 0.15) is 11.6 Å². The van der Waals surface area contributed by atoms with Crippen molar-refractivity contribution < 1.29 is 18.7 Å². The molecule has 0 amide bonds. The number of aromatic nitrogens is 2. The zero-order valence-corrected chi connectivity index (χ0v) is 23.1. The van der Waals surface area contributed by atoms with Crippen molar-refractivity contribution >= 4 is 23.4 Å². The molecule has 200 valence electrons. The predicted molar refractivity (Wildman–Crippen MR) is 149 cm³/mol. The highest BCUT2D eigenvalue weighted by Crippen LogP contribution is 2.31. The molecule has 0 radical (unpaired) electrons. The number of thiazole rings is 1. The molecule has 2 aromatic heterocycles. The van der Waals surface area contributed by atoms with Gasteiger partial charge in [-0.15, -0.1) is 0 Å². The second-order valence-electron chi connectivity index (χ2n) is 9.21. The Kier molecular flexibility index (Phi) is 7.10. The Balaban J connectivity index is 1.68. The van der Waals surface area contributed by atoms with Crippen molar-refractivity contribution in [1.82, 2.24) is 9.13 Å². The first-order valence-corrected chi connectivity index (χ1v) is 13.3. The van der Waals surface area contributed by atoms with Crippen LogP contribution in [0.15, 0.2) is 75.7 Å². The predicted octanol–water partition coefficient (Wildman–Crippen LogP) is 4.35. The summed E-state index contributed by atoms with van der Waals surface area (Å²) in [6, 6.07) is 14.9. The third-order valence-corrected chi connectivity index (χ3v) is 7.77. The van der Waals surface area contributed by atoms with Crippen LogP contribution in [0.4, 0.5) is 4.39 Å². The zero-order valence-electron chi connectivity index (χ0n) is 22.3. The minimum atomic E-state index is -0.694. The Morgan fingerprint density at radius 3 is 2.44 bits per heavy atom. The Morgan fingerprint density at radius 2 is 1.79 bits per heavy atom. The van der Waals surface area contributed by atoms with Gasteiger partial charge in [0.15, 0.2) is 4.80 Å². The molecular formula is C30H28FN3O4S. The van der Waals surface area contributed by atoms with Gasteiger partial charge in [-0.25, -0.2) is 14.2 Å². The summed E-state index contributed by atoms with van der Waals surface area (Å²) in [5.41, 5.74) is 4.91. The first kappa shape index (κ1) is 26.4. The van der Waals surface area contributed by atoms with E-state index in [2.05, 4.69) is 4.99 Å². The average molecular weight is 546 g/mol. The number of halogens is 1. The van der Waals surface area contributed by atoms with Gasteiger partial charge >= 0.3 is 5.97 Å². The van der Waals surface area contributed by atoms with Crippen molar-refractivity contribution in [3.8, 4) is 11.4 Å². The van der Waals surface area contributed by atoms with E-state index in [1.54, 1.807) is 49.8 Å². The molecule has 0 bridgehead atoms. The van der Waals surface area contributed by atoms with E-state index < -0.39 is 12.0 Å². The second kappa shape index (κ2) is 10.5. The Morgan fingerprint density at radius 1 is 1.10 bits per heavy atom. The van der Waals surface area contributed by atoms with Gasteiger partial charge in [0, 0.05) is 17.1 Å². The Bertz CT molecular complexity index is 1780. The summed E-state index contributed by atoms with van der Waals surface area (Å²) in [5.74, 6) is -0.135. The van der Waals surface area contributed by atoms with Crippen LogP contribution >= 0.6 is 11.3 Å². The summed E-state index contributed by atoms with van der Waals surface area (Å²) >= 11 is 1.27.